The largest absolute Gasteiger partial charge is 0.451 e. The van der Waals surface area contributed by atoms with E-state index in [-0.39, 0.29) is 0 Å². The van der Waals surface area contributed by atoms with Crippen LogP contribution in [0.2, 0.25) is 0 Å². The summed E-state index contributed by atoms with van der Waals surface area (Å²) in [5.41, 5.74) is 6.56. The molecule has 0 fully saturated rings. The van der Waals surface area contributed by atoms with Crippen LogP contribution in [-0.4, -0.2) is 24.5 Å². The Bertz CT molecular complexity index is 2240. The second-order valence-corrected chi connectivity index (χ2v) is 14.9. The van der Waals surface area contributed by atoms with Gasteiger partial charge >= 0.3 is 17.9 Å². The molecule has 0 amide bonds. The molecule has 0 radical (unpaired) electrons. The molecule has 260 valence electrons. The molecule has 5 aromatic rings. The predicted molar refractivity (Wildman–Crippen MR) is 206 cm³/mol. The Morgan fingerprint density at radius 1 is 0.712 bits per heavy atom. The molecule has 0 bridgehead atoms. The smallest absolute Gasteiger partial charge is 0.345 e. The molecule has 2 atom stereocenters. The highest BCUT2D eigenvalue weighted by Gasteiger charge is 2.42. The van der Waals surface area contributed by atoms with Crippen molar-refractivity contribution in [1.82, 2.24) is 0 Å². The van der Waals surface area contributed by atoms with E-state index in [2.05, 4.69) is 43.5 Å². The Morgan fingerprint density at radius 2 is 1.38 bits per heavy atom. The Morgan fingerprint density at radius 3 is 2.15 bits per heavy atom. The summed E-state index contributed by atoms with van der Waals surface area (Å²) in [6, 6.07) is 35.6. The van der Waals surface area contributed by atoms with E-state index in [0.717, 1.165) is 65.9 Å². The third kappa shape index (κ3) is 6.49. The van der Waals surface area contributed by atoms with E-state index in [4.69, 9.17) is 14.2 Å². The molecule has 8 heteroatoms. The number of rotatable bonds is 8. The number of benzene rings is 5. The van der Waals surface area contributed by atoms with Crippen molar-refractivity contribution in [3.05, 3.63) is 173 Å². The molecule has 0 saturated carbocycles. The second kappa shape index (κ2) is 14.4. The summed E-state index contributed by atoms with van der Waals surface area (Å²) in [5, 5.41) is 0. The lowest BCUT2D eigenvalue weighted by Gasteiger charge is -2.33. The minimum absolute atomic E-state index is 0.423. The van der Waals surface area contributed by atoms with Crippen LogP contribution in [0.5, 0.6) is 0 Å². The van der Waals surface area contributed by atoms with Crippen molar-refractivity contribution in [2.24, 2.45) is 0 Å². The monoisotopic (exact) mass is 724 g/mol. The van der Waals surface area contributed by atoms with E-state index < -0.39 is 35.7 Å². The quantitative estimate of drug-likeness (QED) is 0.0890. The molecule has 6 nitrogen and oxygen atoms in total. The first-order valence-electron chi connectivity index (χ1n) is 16.8. The van der Waals surface area contributed by atoms with Crippen LogP contribution < -0.4 is 0 Å². The highest BCUT2D eigenvalue weighted by atomic mass is 32.2. The molecule has 0 N–H and O–H groups in total. The zero-order valence-electron chi connectivity index (χ0n) is 28.8. The highest BCUT2D eigenvalue weighted by molar-refractivity contribution is 7.98. The summed E-state index contributed by atoms with van der Waals surface area (Å²) in [6.07, 6.45) is 2.75. The van der Waals surface area contributed by atoms with Gasteiger partial charge in [0.2, 0.25) is 0 Å². The van der Waals surface area contributed by atoms with Crippen molar-refractivity contribution < 1.29 is 28.6 Å². The summed E-state index contributed by atoms with van der Waals surface area (Å²) in [5.74, 6) is -0.464. The molecular weight excluding hydrogens is 689 g/mol. The predicted octanol–water partition coefficient (Wildman–Crippen LogP) is 9.86. The van der Waals surface area contributed by atoms with Crippen molar-refractivity contribution in [3.8, 4) is 11.1 Å². The van der Waals surface area contributed by atoms with Gasteiger partial charge in [-0.1, -0.05) is 98.1 Å². The summed E-state index contributed by atoms with van der Waals surface area (Å²) in [4.78, 5) is 40.9. The van der Waals surface area contributed by atoms with Crippen LogP contribution in [0.3, 0.4) is 0 Å². The fraction of sp³-hybridized carbons (Fsp3) is 0.159. The number of carbonyl (C=O) groups excluding carboxylic acids is 3. The van der Waals surface area contributed by atoms with E-state index >= 15 is 0 Å². The van der Waals surface area contributed by atoms with Crippen LogP contribution in [0.4, 0.5) is 0 Å². The molecular formula is C44H36O6S2. The minimum atomic E-state index is -1.19. The Balaban J connectivity index is 1.34. The molecule has 2 aliphatic heterocycles. The Hall–Kier alpha value is -5.31. The molecule has 2 heterocycles. The molecule has 0 aliphatic carbocycles. The number of ether oxygens (including phenoxy) is 3. The van der Waals surface area contributed by atoms with Gasteiger partial charge in [-0.25, -0.2) is 14.4 Å². The standard InChI is InChI=1S/C44H36O6S2/c1-5-28-18-20-29(21-19-28)42(47)50-44(4)35-16-11-13-32(33(35)27-52-38-17-10-9-15-36(38)44)30-22-23-39-37(24-30)43(3,49-41(46)25-48-40(45)6-2)34-14-8-7-12-31(34)26-51-39/h5-24H,1-2,25-27H2,3-4H3. The summed E-state index contributed by atoms with van der Waals surface area (Å²) in [7, 11) is 0. The SMILES string of the molecule is C=CC(=O)OCC(=O)OC1(C)c2ccccc2CSc2ccc(-c3cccc4c3CSc3ccccc3C4(C)OC(=O)c3ccc(C=C)cc3)cc21. The van der Waals surface area contributed by atoms with Crippen molar-refractivity contribution in [1.29, 1.82) is 0 Å². The van der Waals surface area contributed by atoms with E-state index in [1.165, 1.54) is 0 Å². The maximum Gasteiger partial charge on any atom is 0.345 e. The van der Waals surface area contributed by atoms with Crippen molar-refractivity contribution in [2.45, 2.75) is 46.3 Å². The molecule has 2 unspecified atom stereocenters. The van der Waals surface area contributed by atoms with Gasteiger partial charge < -0.3 is 14.2 Å². The average molecular weight is 725 g/mol. The molecule has 0 saturated heterocycles. The van der Waals surface area contributed by atoms with E-state index in [1.807, 2.05) is 80.6 Å². The summed E-state index contributed by atoms with van der Waals surface area (Å²) >= 11 is 3.39. The van der Waals surface area contributed by atoms with Crippen LogP contribution >= 0.6 is 23.5 Å². The second-order valence-electron chi connectivity index (χ2n) is 12.8. The first kappa shape index (κ1) is 35.1. The zero-order chi connectivity index (χ0) is 36.5. The van der Waals surface area contributed by atoms with Crippen molar-refractivity contribution in [3.63, 3.8) is 0 Å². The van der Waals surface area contributed by atoms with E-state index in [0.29, 0.717) is 17.1 Å². The average Bonchev–Trinajstić information content (AvgIpc) is 3.38. The topological polar surface area (TPSA) is 78.9 Å². The van der Waals surface area contributed by atoms with Gasteiger partial charge in [-0.15, -0.1) is 23.5 Å². The summed E-state index contributed by atoms with van der Waals surface area (Å²) in [6.45, 7) is 10.6. The molecule has 5 aromatic carbocycles. The molecule has 52 heavy (non-hydrogen) atoms. The lowest BCUT2D eigenvalue weighted by molar-refractivity contribution is -0.165. The van der Waals surface area contributed by atoms with Gasteiger partial charge in [0.1, 0.15) is 0 Å². The first-order valence-corrected chi connectivity index (χ1v) is 18.8. The Kier molecular flexibility index (Phi) is 9.70. The third-order valence-corrected chi connectivity index (χ3v) is 11.9. The van der Waals surface area contributed by atoms with Gasteiger partial charge in [0.25, 0.3) is 0 Å². The van der Waals surface area contributed by atoms with Crippen LogP contribution in [0.25, 0.3) is 17.2 Å². The number of fused-ring (bicyclic) bond motifs is 4. The van der Waals surface area contributed by atoms with Crippen molar-refractivity contribution in [2.75, 3.05) is 6.61 Å². The van der Waals surface area contributed by atoms with Crippen LogP contribution in [0.15, 0.2) is 138 Å². The van der Waals surface area contributed by atoms with Gasteiger partial charge in [-0.3, -0.25) is 0 Å². The molecule has 0 spiro atoms. The third-order valence-electron chi connectivity index (χ3n) is 9.68. The zero-order valence-corrected chi connectivity index (χ0v) is 30.5. The number of esters is 3. The van der Waals surface area contributed by atoms with E-state index in [9.17, 15) is 14.4 Å². The normalized spacial score (nSPS) is 18.5. The lowest BCUT2D eigenvalue weighted by atomic mass is 9.81. The molecule has 0 aromatic heterocycles. The maximum absolute atomic E-state index is 13.8. The van der Waals surface area contributed by atoms with Gasteiger partial charge in [0, 0.05) is 49.6 Å². The fourth-order valence-corrected chi connectivity index (χ4v) is 9.36. The van der Waals surface area contributed by atoms with E-state index in [1.54, 1.807) is 41.7 Å². The lowest BCUT2D eigenvalue weighted by Crippen LogP contribution is -2.33. The van der Waals surface area contributed by atoms with Gasteiger partial charge in [-0.2, -0.15) is 0 Å². The maximum atomic E-state index is 13.8. The minimum Gasteiger partial charge on any atom is -0.451 e. The fourth-order valence-electron chi connectivity index (χ4n) is 7.02. The summed E-state index contributed by atoms with van der Waals surface area (Å²) < 4.78 is 17.9. The van der Waals surface area contributed by atoms with Crippen molar-refractivity contribution >= 4 is 47.5 Å². The molecule has 2 aliphatic rings. The van der Waals surface area contributed by atoms with Gasteiger partial charge in [0.05, 0.1) is 5.56 Å². The number of hydrogen-bond acceptors (Lipinski definition) is 8. The number of thioether (sulfide) groups is 2. The van der Waals surface area contributed by atoms with Gasteiger partial charge in [0.15, 0.2) is 17.8 Å². The number of carbonyl (C=O) groups is 3. The number of hydrogen-bond donors (Lipinski definition) is 0. The van der Waals surface area contributed by atoms with Crippen LogP contribution in [0, 0.1) is 0 Å². The first-order chi connectivity index (χ1) is 25.1. The van der Waals surface area contributed by atoms with Crippen LogP contribution in [0.1, 0.15) is 63.1 Å². The van der Waals surface area contributed by atoms with Gasteiger partial charge in [-0.05, 0) is 72.0 Å². The Labute approximate surface area is 311 Å². The highest BCUT2D eigenvalue weighted by Crippen LogP contribution is 2.50. The molecule has 7 rings (SSSR count). The van der Waals surface area contributed by atoms with Crippen LogP contribution in [-0.2, 0) is 46.5 Å².